The number of nitrogens with one attached hydrogen (secondary N) is 1. The quantitative estimate of drug-likeness (QED) is 0.824. The molecule has 0 aromatic heterocycles. The number of carbonyl (C=O) groups is 2. The van der Waals surface area contributed by atoms with E-state index in [-0.39, 0.29) is 22.9 Å². The third-order valence-corrected chi connectivity index (χ3v) is 6.66. The Kier molecular flexibility index (Phi) is 4.91. The standard InChI is InChI=1S/C20H22N4O4S/c1-22-13-17-14-23(11-12-24(17)20(22)26)19(25)15-7-9-18(10-8-15)29(27,28)21-16-5-3-2-4-6-16/h2-10,17,21H,11-14H2,1H3. The number of sulfonamides is 1. The van der Waals surface area contributed by atoms with Crippen LogP contribution < -0.4 is 4.72 Å². The fraction of sp³-hybridized carbons (Fsp3) is 0.300. The lowest BCUT2D eigenvalue weighted by Crippen LogP contribution is -2.53. The van der Waals surface area contributed by atoms with Crippen LogP contribution in [0.2, 0.25) is 0 Å². The van der Waals surface area contributed by atoms with E-state index in [0.29, 0.717) is 37.4 Å². The largest absolute Gasteiger partial charge is 0.335 e. The number of piperazine rings is 1. The number of nitrogens with zero attached hydrogens (tertiary/aromatic N) is 3. The maximum absolute atomic E-state index is 12.8. The molecule has 2 aromatic carbocycles. The van der Waals surface area contributed by atoms with Gasteiger partial charge in [0.25, 0.3) is 15.9 Å². The molecule has 2 fully saturated rings. The Morgan fingerprint density at radius 3 is 2.38 bits per heavy atom. The van der Waals surface area contributed by atoms with E-state index in [1.165, 1.54) is 24.3 Å². The number of carbonyl (C=O) groups excluding carboxylic acids is 2. The number of amides is 3. The number of hydrogen-bond donors (Lipinski definition) is 1. The molecule has 29 heavy (non-hydrogen) atoms. The lowest BCUT2D eigenvalue weighted by Gasteiger charge is -2.36. The summed E-state index contributed by atoms with van der Waals surface area (Å²) in [6, 6.07) is 14.5. The molecule has 152 valence electrons. The summed E-state index contributed by atoms with van der Waals surface area (Å²) in [6.45, 7) is 2.05. The first-order valence-corrected chi connectivity index (χ1v) is 10.8. The average molecular weight is 414 g/mol. The summed E-state index contributed by atoms with van der Waals surface area (Å²) in [5.41, 5.74) is 0.899. The number of anilines is 1. The normalized spacial score (nSPS) is 19.3. The molecule has 0 saturated carbocycles. The fourth-order valence-electron chi connectivity index (χ4n) is 3.74. The maximum Gasteiger partial charge on any atom is 0.320 e. The summed E-state index contributed by atoms with van der Waals surface area (Å²) in [6.07, 6.45) is 0. The Labute approximate surface area is 169 Å². The minimum absolute atomic E-state index is 0.0000709. The van der Waals surface area contributed by atoms with Crippen LogP contribution in [0.25, 0.3) is 0 Å². The highest BCUT2D eigenvalue weighted by Gasteiger charge is 2.40. The van der Waals surface area contributed by atoms with Crippen LogP contribution in [0.1, 0.15) is 10.4 Å². The van der Waals surface area contributed by atoms with Gasteiger partial charge in [-0.3, -0.25) is 9.52 Å². The van der Waals surface area contributed by atoms with Gasteiger partial charge in [0, 0.05) is 44.5 Å². The predicted molar refractivity (Wildman–Crippen MR) is 108 cm³/mol. The van der Waals surface area contributed by atoms with Crippen LogP contribution in [0, 0.1) is 0 Å². The summed E-state index contributed by atoms with van der Waals surface area (Å²) in [7, 11) is -1.97. The SMILES string of the molecule is CN1CC2CN(C(=O)c3ccc(S(=O)(=O)Nc4ccccc4)cc3)CCN2C1=O. The molecule has 9 heteroatoms. The van der Waals surface area contributed by atoms with Crippen LogP contribution >= 0.6 is 0 Å². The van der Waals surface area contributed by atoms with E-state index in [4.69, 9.17) is 0 Å². The first-order chi connectivity index (χ1) is 13.8. The molecule has 8 nitrogen and oxygen atoms in total. The lowest BCUT2D eigenvalue weighted by molar-refractivity contribution is 0.0617. The van der Waals surface area contributed by atoms with E-state index >= 15 is 0 Å². The minimum atomic E-state index is -3.73. The number of urea groups is 1. The van der Waals surface area contributed by atoms with Crippen molar-refractivity contribution in [1.29, 1.82) is 0 Å². The fourth-order valence-corrected chi connectivity index (χ4v) is 4.80. The Morgan fingerprint density at radius 2 is 1.69 bits per heavy atom. The van der Waals surface area contributed by atoms with Gasteiger partial charge in [0.05, 0.1) is 10.9 Å². The van der Waals surface area contributed by atoms with Crippen LogP contribution in [0.5, 0.6) is 0 Å². The van der Waals surface area contributed by atoms with Gasteiger partial charge < -0.3 is 14.7 Å². The van der Waals surface area contributed by atoms with E-state index < -0.39 is 10.0 Å². The molecule has 2 heterocycles. The molecule has 2 aliphatic heterocycles. The first-order valence-electron chi connectivity index (χ1n) is 9.34. The first kappa shape index (κ1) is 19.3. The molecule has 0 aliphatic carbocycles. The molecule has 4 rings (SSSR count). The number of para-hydroxylation sites is 1. The second-order valence-corrected chi connectivity index (χ2v) is 8.94. The van der Waals surface area contributed by atoms with Gasteiger partial charge in [-0.05, 0) is 36.4 Å². The molecule has 2 aromatic rings. The third-order valence-electron chi connectivity index (χ3n) is 5.26. The van der Waals surface area contributed by atoms with Crippen molar-refractivity contribution in [2.75, 3.05) is 37.9 Å². The average Bonchev–Trinajstić information content (AvgIpc) is 3.01. The van der Waals surface area contributed by atoms with Gasteiger partial charge in [-0.1, -0.05) is 18.2 Å². The van der Waals surface area contributed by atoms with Crippen LogP contribution in [-0.2, 0) is 10.0 Å². The molecule has 1 unspecified atom stereocenters. The van der Waals surface area contributed by atoms with Crippen molar-refractivity contribution in [2.24, 2.45) is 0 Å². The predicted octanol–water partition coefficient (Wildman–Crippen LogP) is 1.68. The second kappa shape index (κ2) is 7.40. The highest BCUT2D eigenvalue weighted by Crippen LogP contribution is 2.22. The van der Waals surface area contributed by atoms with Crippen molar-refractivity contribution in [3.63, 3.8) is 0 Å². The zero-order valence-electron chi connectivity index (χ0n) is 16.0. The zero-order chi connectivity index (χ0) is 20.6. The Balaban J connectivity index is 1.45. The highest BCUT2D eigenvalue weighted by molar-refractivity contribution is 7.92. The summed E-state index contributed by atoms with van der Waals surface area (Å²) < 4.78 is 27.6. The second-order valence-electron chi connectivity index (χ2n) is 7.26. The van der Waals surface area contributed by atoms with Crippen molar-refractivity contribution < 1.29 is 18.0 Å². The molecule has 2 saturated heterocycles. The monoisotopic (exact) mass is 414 g/mol. The van der Waals surface area contributed by atoms with Crippen LogP contribution in [-0.4, -0.2) is 74.3 Å². The molecule has 0 radical (unpaired) electrons. The van der Waals surface area contributed by atoms with Crippen LogP contribution in [0.15, 0.2) is 59.5 Å². The molecule has 0 bridgehead atoms. The summed E-state index contributed by atoms with van der Waals surface area (Å²) in [5.74, 6) is -0.161. The Bertz CT molecular complexity index is 1020. The maximum atomic E-state index is 12.8. The zero-order valence-corrected chi connectivity index (χ0v) is 16.8. The van der Waals surface area contributed by atoms with Gasteiger partial charge in [0.1, 0.15) is 0 Å². The van der Waals surface area contributed by atoms with E-state index in [1.54, 1.807) is 52.1 Å². The van der Waals surface area contributed by atoms with Gasteiger partial charge in [-0.15, -0.1) is 0 Å². The van der Waals surface area contributed by atoms with E-state index in [2.05, 4.69) is 4.72 Å². The Hall–Kier alpha value is -3.07. The van der Waals surface area contributed by atoms with Gasteiger partial charge in [0.15, 0.2) is 0 Å². The number of fused-ring (bicyclic) bond motifs is 1. The van der Waals surface area contributed by atoms with Crippen LogP contribution in [0.3, 0.4) is 0 Å². The van der Waals surface area contributed by atoms with E-state index in [1.807, 2.05) is 0 Å². The molecule has 0 spiro atoms. The summed E-state index contributed by atoms with van der Waals surface area (Å²) in [5, 5.41) is 0. The number of hydrogen-bond acceptors (Lipinski definition) is 4. The van der Waals surface area contributed by atoms with Crippen LogP contribution in [0.4, 0.5) is 10.5 Å². The number of likely N-dealkylation sites (N-methyl/N-ethyl adjacent to an activating group) is 1. The lowest BCUT2D eigenvalue weighted by atomic mass is 10.1. The van der Waals surface area contributed by atoms with Crippen molar-refractivity contribution in [3.8, 4) is 0 Å². The smallest absolute Gasteiger partial charge is 0.320 e. The van der Waals surface area contributed by atoms with Gasteiger partial charge >= 0.3 is 6.03 Å². The van der Waals surface area contributed by atoms with E-state index in [0.717, 1.165) is 0 Å². The highest BCUT2D eigenvalue weighted by atomic mass is 32.2. The molecule has 1 atom stereocenters. The molecular weight excluding hydrogens is 392 g/mol. The number of benzene rings is 2. The Morgan fingerprint density at radius 1 is 1.00 bits per heavy atom. The van der Waals surface area contributed by atoms with Crippen molar-refractivity contribution in [3.05, 3.63) is 60.2 Å². The minimum Gasteiger partial charge on any atom is -0.335 e. The molecule has 1 N–H and O–H groups in total. The van der Waals surface area contributed by atoms with Crippen molar-refractivity contribution >= 4 is 27.6 Å². The molecule has 3 amide bonds. The summed E-state index contributed by atoms with van der Waals surface area (Å²) in [4.78, 5) is 30.2. The summed E-state index contributed by atoms with van der Waals surface area (Å²) >= 11 is 0. The van der Waals surface area contributed by atoms with E-state index in [9.17, 15) is 18.0 Å². The van der Waals surface area contributed by atoms with Crippen molar-refractivity contribution in [2.45, 2.75) is 10.9 Å². The molecular formula is C20H22N4O4S. The third kappa shape index (κ3) is 3.77. The topological polar surface area (TPSA) is 90.0 Å². The van der Waals surface area contributed by atoms with Gasteiger partial charge in [0.2, 0.25) is 0 Å². The van der Waals surface area contributed by atoms with Gasteiger partial charge in [-0.25, -0.2) is 13.2 Å². The van der Waals surface area contributed by atoms with Crippen molar-refractivity contribution in [1.82, 2.24) is 14.7 Å². The van der Waals surface area contributed by atoms with Gasteiger partial charge in [-0.2, -0.15) is 0 Å². The number of rotatable bonds is 4. The molecule has 2 aliphatic rings.